The molecule has 1 amide bonds. The first-order chi connectivity index (χ1) is 11.8. The molecule has 0 spiro atoms. The second-order valence-corrected chi connectivity index (χ2v) is 9.28. The number of sulfonamides is 1. The van der Waals surface area contributed by atoms with Crippen molar-refractivity contribution in [2.75, 3.05) is 25.5 Å². The van der Waals surface area contributed by atoms with Crippen molar-refractivity contribution >= 4 is 61.4 Å². The molecular weight excluding hydrogens is 412 g/mol. The minimum Gasteiger partial charge on any atom is -0.461 e. The Hall–Kier alpha value is -1.60. The quantitative estimate of drug-likeness (QED) is 0.671. The number of anilines is 1. The van der Waals surface area contributed by atoms with E-state index < -0.39 is 28.4 Å². The molecular formula is C12H13ClN4O5S3. The van der Waals surface area contributed by atoms with Crippen molar-refractivity contribution in [2.24, 2.45) is 0 Å². The Morgan fingerprint density at radius 2 is 2.12 bits per heavy atom. The maximum absolute atomic E-state index is 12.3. The zero-order chi connectivity index (χ0) is 18.6. The lowest BCUT2D eigenvalue weighted by Crippen LogP contribution is -2.34. The number of nitrogens with zero attached hydrogens (tertiary/aromatic N) is 3. The Morgan fingerprint density at radius 1 is 1.40 bits per heavy atom. The molecule has 0 atom stereocenters. The largest absolute Gasteiger partial charge is 0.461 e. The van der Waals surface area contributed by atoms with Crippen LogP contribution < -0.4 is 5.32 Å². The predicted octanol–water partition coefficient (Wildman–Crippen LogP) is 1.69. The van der Waals surface area contributed by atoms with Gasteiger partial charge in [0.05, 0.1) is 17.5 Å². The fraction of sp³-hybridized carbons (Fsp3) is 0.333. The van der Waals surface area contributed by atoms with E-state index >= 15 is 0 Å². The monoisotopic (exact) mass is 424 g/mol. The van der Waals surface area contributed by atoms with Gasteiger partial charge in [0, 0.05) is 18.6 Å². The lowest BCUT2D eigenvalue weighted by molar-refractivity contribution is -0.116. The van der Waals surface area contributed by atoms with E-state index in [9.17, 15) is 18.0 Å². The summed E-state index contributed by atoms with van der Waals surface area (Å²) < 4.78 is 34.3. The average Bonchev–Trinajstić information content (AvgIpc) is 3.16. The minimum atomic E-state index is -3.84. The van der Waals surface area contributed by atoms with Gasteiger partial charge in [-0.2, -0.15) is 4.31 Å². The maximum atomic E-state index is 12.3. The number of halogens is 1. The molecule has 0 aliphatic rings. The normalized spacial score (nSPS) is 11.5. The number of carbonyl (C=O) groups excluding carboxylic acids is 2. The van der Waals surface area contributed by atoms with Crippen molar-refractivity contribution in [1.29, 1.82) is 0 Å². The Kier molecular flexibility index (Phi) is 6.46. The molecule has 0 unspecified atom stereocenters. The van der Waals surface area contributed by atoms with Crippen LogP contribution in [0.5, 0.6) is 0 Å². The molecule has 1 N–H and O–H groups in total. The second kappa shape index (κ2) is 8.19. The summed E-state index contributed by atoms with van der Waals surface area (Å²) in [5, 5.41) is 6.11. The molecule has 9 nitrogen and oxygen atoms in total. The molecule has 0 aromatic carbocycles. The fourth-order valence-electron chi connectivity index (χ4n) is 1.65. The lowest BCUT2D eigenvalue weighted by Gasteiger charge is -2.15. The summed E-state index contributed by atoms with van der Waals surface area (Å²) in [6.07, 6.45) is 0. The number of thiophene rings is 1. The molecule has 2 heterocycles. The molecule has 13 heteroatoms. The molecule has 0 saturated heterocycles. The Labute approximate surface area is 156 Å². The van der Waals surface area contributed by atoms with Crippen LogP contribution in [0.4, 0.5) is 5.00 Å². The summed E-state index contributed by atoms with van der Waals surface area (Å²) in [5.41, 5.74) is -0.129. The summed E-state index contributed by atoms with van der Waals surface area (Å²) in [6.45, 7) is 1.32. The molecule has 0 aliphatic carbocycles. The molecule has 0 bridgehead atoms. The third kappa shape index (κ3) is 4.73. The number of amides is 1. The second-order valence-electron chi connectivity index (χ2n) is 4.54. The van der Waals surface area contributed by atoms with Crippen LogP contribution in [0.15, 0.2) is 16.3 Å². The number of ether oxygens (including phenoxy) is 1. The standard InChI is InChI=1S/C12H13ClN4O5S3/c1-3-22-12(19)10-11(24-16-15-10)14-8(18)6-17(2)25(20,21)9-5-4-7(13)23-9/h4-5H,3,6H2,1-2H3,(H,14,18). The van der Waals surface area contributed by atoms with Crippen LogP contribution in [-0.2, 0) is 19.6 Å². The average molecular weight is 425 g/mol. The van der Waals surface area contributed by atoms with Gasteiger partial charge in [-0.1, -0.05) is 16.1 Å². The van der Waals surface area contributed by atoms with Crippen LogP contribution in [0.3, 0.4) is 0 Å². The van der Waals surface area contributed by atoms with Gasteiger partial charge < -0.3 is 10.1 Å². The van der Waals surface area contributed by atoms with Crippen molar-refractivity contribution in [3.63, 3.8) is 0 Å². The summed E-state index contributed by atoms with van der Waals surface area (Å²) >= 11 is 7.43. The van der Waals surface area contributed by atoms with E-state index in [0.29, 0.717) is 4.34 Å². The number of hydrogen-bond donors (Lipinski definition) is 1. The molecule has 0 aliphatic heterocycles. The number of carbonyl (C=O) groups is 2. The van der Waals surface area contributed by atoms with Crippen molar-refractivity contribution in [3.8, 4) is 0 Å². The summed E-state index contributed by atoms with van der Waals surface area (Å²) in [7, 11) is -2.58. The lowest BCUT2D eigenvalue weighted by atomic mass is 10.4. The summed E-state index contributed by atoms with van der Waals surface area (Å²) in [5.74, 6) is -1.37. The van der Waals surface area contributed by atoms with Gasteiger partial charge in [0.1, 0.15) is 4.21 Å². The van der Waals surface area contributed by atoms with E-state index in [1.807, 2.05) is 0 Å². The smallest absolute Gasteiger partial charge is 0.362 e. The first kappa shape index (κ1) is 19.7. The van der Waals surface area contributed by atoms with E-state index in [1.54, 1.807) is 6.92 Å². The van der Waals surface area contributed by atoms with Crippen LogP contribution in [0, 0.1) is 0 Å². The number of aromatic nitrogens is 2. The molecule has 2 aromatic heterocycles. The van der Waals surface area contributed by atoms with Crippen LogP contribution in [0.1, 0.15) is 17.4 Å². The van der Waals surface area contributed by atoms with E-state index in [0.717, 1.165) is 27.2 Å². The fourth-order valence-corrected chi connectivity index (χ4v) is 5.04. The van der Waals surface area contributed by atoms with Gasteiger partial charge in [-0.3, -0.25) is 4.79 Å². The highest BCUT2D eigenvalue weighted by molar-refractivity contribution is 7.91. The number of esters is 1. The molecule has 0 radical (unpaired) electrons. The maximum Gasteiger partial charge on any atom is 0.362 e. The zero-order valence-electron chi connectivity index (χ0n) is 13.1. The molecule has 0 saturated carbocycles. The van der Waals surface area contributed by atoms with Gasteiger partial charge in [-0.15, -0.1) is 16.4 Å². The third-order valence-corrected chi connectivity index (χ3v) is 6.93. The van der Waals surface area contributed by atoms with E-state index in [2.05, 4.69) is 14.9 Å². The number of nitrogens with one attached hydrogen (secondary N) is 1. The van der Waals surface area contributed by atoms with Gasteiger partial charge in [0.25, 0.3) is 10.0 Å². The first-order valence-corrected chi connectivity index (χ1v) is 10.2. The Balaban J connectivity index is 2.06. The third-order valence-electron chi connectivity index (χ3n) is 2.79. The van der Waals surface area contributed by atoms with Gasteiger partial charge in [-0.25, -0.2) is 13.2 Å². The Morgan fingerprint density at radius 3 is 2.72 bits per heavy atom. The van der Waals surface area contributed by atoms with Crippen LogP contribution >= 0.6 is 34.5 Å². The molecule has 2 aromatic rings. The number of likely N-dealkylation sites (N-methyl/N-ethyl adjacent to an activating group) is 1. The van der Waals surface area contributed by atoms with Crippen molar-refractivity contribution in [3.05, 3.63) is 22.2 Å². The highest BCUT2D eigenvalue weighted by Crippen LogP contribution is 2.27. The van der Waals surface area contributed by atoms with Crippen molar-refractivity contribution in [1.82, 2.24) is 13.9 Å². The van der Waals surface area contributed by atoms with Crippen molar-refractivity contribution < 1.29 is 22.7 Å². The first-order valence-electron chi connectivity index (χ1n) is 6.76. The molecule has 25 heavy (non-hydrogen) atoms. The van der Waals surface area contributed by atoms with Gasteiger partial charge in [0.15, 0.2) is 5.00 Å². The van der Waals surface area contributed by atoms with E-state index in [1.165, 1.54) is 19.2 Å². The van der Waals surface area contributed by atoms with Gasteiger partial charge in [0.2, 0.25) is 11.6 Å². The zero-order valence-corrected chi connectivity index (χ0v) is 16.3. The van der Waals surface area contributed by atoms with Crippen molar-refractivity contribution in [2.45, 2.75) is 11.1 Å². The van der Waals surface area contributed by atoms with E-state index in [4.69, 9.17) is 16.3 Å². The van der Waals surface area contributed by atoms with Gasteiger partial charge in [-0.05, 0) is 19.1 Å². The number of hydrogen-bond acceptors (Lipinski definition) is 9. The SMILES string of the molecule is CCOC(=O)c1nnsc1NC(=O)CN(C)S(=O)(=O)c1ccc(Cl)s1. The summed E-state index contributed by atoms with van der Waals surface area (Å²) in [4.78, 5) is 23.8. The highest BCUT2D eigenvalue weighted by Gasteiger charge is 2.26. The number of rotatable bonds is 7. The topological polar surface area (TPSA) is 119 Å². The molecule has 2 rings (SSSR count). The predicted molar refractivity (Wildman–Crippen MR) is 93.6 cm³/mol. The molecule has 0 fully saturated rings. The minimum absolute atomic E-state index is 0.0273. The van der Waals surface area contributed by atoms with Crippen LogP contribution in [0.2, 0.25) is 4.34 Å². The van der Waals surface area contributed by atoms with Gasteiger partial charge >= 0.3 is 5.97 Å². The van der Waals surface area contributed by atoms with E-state index in [-0.39, 0.29) is 21.5 Å². The highest BCUT2D eigenvalue weighted by atomic mass is 35.5. The summed E-state index contributed by atoms with van der Waals surface area (Å²) in [6, 6.07) is 2.82. The molecule has 136 valence electrons. The van der Waals surface area contributed by atoms with Crippen LogP contribution in [-0.4, -0.2) is 54.4 Å². The Bertz CT molecular complexity index is 879. The van der Waals surface area contributed by atoms with Crippen LogP contribution in [0.25, 0.3) is 0 Å².